The Balaban J connectivity index is 1.98. The Labute approximate surface area is 200 Å². The molecule has 0 spiro atoms. The fraction of sp³-hybridized carbons (Fsp3) is 0.393. The highest BCUT2D eigenvalue weighted by molar-refractivity contribution is 6.74. The molecule has 4 nitrogen and oxygen atoms in total. The molecule has 1 heterocycles. The van der Waals surface area contributed by atoms with Gasteiger partial charge < -0.3 is 9.33 Å². The third-order valence-electron chi connectivity index (χ3n) is 6.61. The first-order chi connectivity index (χ1) is 15.5. The lowest BCUT2D eigenvalue weighted by molar-refractivity contribution is 0.220. The van der Waals surface area contributed by atoms with Crippen molar-refractivity contribution in [1.82, 2.24) is 9.47 Å². The Bertz CT molecular complexity index is 1120. The number of allylic oxidation sites excluding steroid dienone is 1. The summed E-state index contributed by atoms with van der Waals surface area (Å²) in [5, 5.41) is 1.26. The number of aromatic nitrogens is 1. The van der Waals surface area contributed by atoms with Crippen LogP contribution >= 0.6 is 0 Å². The molecular weight excluding hydrogens is 424 g/mol. The number of benzene rings is 2. The third-order valence-corrected chi connectivity index (χ3v) is 11.2. The van der Waals surface area contributed by atoms with Crippen molar-refractivity contribution >= 4 is 36.9 Å². The second kappa shape index (κ2) is 10.1. The van der Waals surface area contributed by atoms with Crippen LogP contribution in [0.3, 0.4) is 0 Å². The number of nitrogens with zero attached hydrogens (tertiary/aromatic N) is 2. The van der Waals surface area contributed by atoms with Gasteiger partial charge in [0.15, 0.2) is 8.32 Å². The maximum absolute atomic E-state index is 13.2. The smallest absolute Gasteiger partial charge is 0.328 e. The summed E-state index contributed by atoms with van der Waals surface area (Å²) in [7, 11) is 1.81. The number of para-hydroxylation sites is 1. The first-order valence-electron chi connectivity index (χ1n) is 11.7. The van der Waals surface area contributed by atoms with Crippen molar-refractivity contribution in [3.63, 3.8) is 0 Å². The van der Waals surface area contributed by atoms with Crippen LogP contribution in [0.15, 0.2) is 60.7 Å². The van der Waals surface area contributed by atoms with Gasteiger partial charge in [0.2, 0.25) is 0 Å². The van der Waals surface area contributed by atoms with Crippen LogP contribution in [-0.4, -0.2) is 44.5 Å². The highest BCUT2D eigenvalue weighted by Crippen LogP contribution is 2.37. The van der Waals surface area contributed by atoms with Crippen LogP contribution in [0.4, 0.5) is 4.79 Å². The molecule has 1 aromatic heterocycles. The van der Waals surface area contributed by atoms with Crippen molar-refractivity contribution in [2.75, 3.05) is 20.7 Å². The largest absolute Gasteiger partial charge is 0.417 e. The Kier molecular flexibility index (Phi) is 7.65. The van der Waals surface area contributed by atoms with E-state index in [0.29, 0.717) is 0 Å². The predicted octanol–water partition coefficient (Wildman–Crippen LogP) is 7.51. The van der Waals surface area contributed by atoms with Crippen molar-refractivity contribution in [2.24, 2.45) is 0 Å². The molecule has 0 aliphatic carbocycles. The number of hydrogen-bond acceptors (Lipinski definition) is 2. The zero-order chi connectivity index (χ0) is 24.2. The number of fused-ring (bicyclic) bond motifs is 1. The lowest BCUT2D eigenvalue weighted by Gasteiger charge is -2.36. The fourth-order valence-corrected chi connectivity index (χ4v) is 4.72. The van der Waals surface area contributed by atoms with E-state index in [1.807, 2.05) is 41.0 Å². The highest BCUT2D eigenvalue weighted by atomic mass is 28.4. The van der Waals surface area contributed by atoms with Gasteiger partial charge in [-0.2, -0.15) is 0 Å². The van der Waals surface area contributed by atoms with Gasteiger partial charge in [0, 0.05) is 26.1 Å². The summed E-state index contributed by atoms with van der Waals surface area (Å²) < 4.78 is 8.28. The molecule has 0 fully saturated rings. The lowest BCUT2D eigenvalue weighted by Crippen LogP contribution is -2.40. The van der Waals surface area contributed by atoms with E-state index in [9.17, 15) is 4.79 Å². The molecule has 5 heteroatoms. The summed E-state index contributed by atoms with van der Waals surface area (Å²) in [5.41, 5.74) is 4.16. The number of hydrogen-bond donors (Lipinski definition) is 0. The average Bonchev–Trinajstić information content (AvgIpc) is 3.14. The molecule has 0 saturated carbocycles. The SMILES string of the molecule is CN(C)C(=O)n1c(/C(=C\c2ccccc2)CCCO[Si](C)(C)C(C)(C)C)cc2ccccc21. The molecule has 0 atom stereocenters. The van der Waals surface area contributed by atoms with E-state index < -0.39 is 8.32 Å². The van der Waals surface area contributed by atoms with Crippen LogP contribution < -0.4 is 0 Å². The Morgan fingerprint density at radius 3 is 2.30 bits per heavy atom. The van der Waals surface area contributed by atoms with Gasteiger partial charge in [0.25, 0.3) is 0 Å². The summed E-state index contributed by atoms with van der Waals surface area (Å²) in [5.74, 6) is 0. The van der Waals surface area contributed by atoms with Crippen LogP contribution in [-0.2, 0) is 4.43 Å². The van der Waals surface area contributed by atoms with Gasteiger partial charge in [-0.25, -0.2) is 4.79 Å². The number of rotatable bonds is 7. The van der Waals surface area contributed by atoms with Gasteiger partial charge in [-0.3, -0.25) is 4.57 Å². The predicted molar refractivity (Wildman–Crippen MR) is 143 cm³/mol. The Morgan fingerprint density at radius 2 is 1.67 bits per heavy atom. The summed E-state index contributed by atoms with van der Waals surface area (Å²) in [4.78, 5) is 14.8. The first kappa shape index (κ1) is 25.0. The summed E-state index contributed by atoms with van der Waals surface area (Å²) >= 11 is 0. The molecule has 2 aromatic carbocycles. The number of amides is 1. The minimum absolute atomic E-state index is 0.0392. The Morgan fingerprint density at radius 1 is 1.03 bits per heavy atom. The number of carbonyl (C=O) groups is 1. The fourth-order valence-electron chi connectivity index (χ4n) is 3.63. The van der Waals surface area contributed by atoms with Crippen LogP contribution in [0.2, 0.25) is 18.1 Å². The van der Waals surface area contributed by atoms with Gasteiger partial charge in [-0.1, -0.05) is 69.3 Å². The molecule has 0 aliphatic rings. The standard InChI is InChI=1S/C28H38N2O2Si/c1-28(2,3)33(6,7)32-19-13-17-23(20-22-14-9-8-10-15-22)26-21-24-16-11-12-18-25(24)30(26)27(31)29(4)5/h8-12,14-16,18,20-21H,13,17,19H2,1-7H3/b23-20-. The molecule has 33 heavy (non-hydrogen) atoms. The molecule has 0 bridgehead atoms. The maximum atomic E-state index is 13.2. The maximum Gasteiger partial charge on any atom is 0.328 e. The van der Waals surface area contributed by atoms with Gasteiger partial charge >= 0.3 is 6.03 Å². The van der Waals surface area contributed by atoms with Crippen LogP contribution in [0, 0.1) is 0 Å². The van der Waals surface area contributed by atoms with Crippen molar-refractivity contribution in [3.8, 4) is 0 Å². The Hall–Kier alpha value is -2.63. The quantitative estimate of drug-likeness (QED) is 0.269. The van der Waals surface area contributed by atoms with E-state index in [2.05, 4.69) is 64.2 Å². The molecule has 3 rings (SSSR count). The minimum Gasteiger partial charge on any atom is -0.417 e. The van der Waals surface area contributed by atoms with Gasteiger partial charge in [-0.15, -0.1) is 0 Å². The molecule has 0 N–H and O–H groups in total. The molecular formula is C28H38N2O2Si. The molecule has 0 aliphatic heterocycles. The minimum atomic E-state index is -1.79. The van der Waals surface area contributed by atoms with Crippen LogP contribution in [0.5, 0.6) is 0 Å². The van der Waals surface area contributed by atoms with Crippen molar-refractivity contribution < 1.29 is 9.22 Å². The first-order valence-corrected chi connectivity index (χ1v) is 14.6. The summed E-state index contributed by atoms with van der Waals surface area (Å²) in [6.45, 7) is 12.1. The highest BCUT2D eigenvalue weighted by Gasteiger charge is 2.36. The van der Waals surface area contributed by atoms with E-state index in [4.69, 9.17) is 4.43 Å². The van der Waals surface area contributed by atoms with Gasteiger partial charge in [0.05, 0.1) is 11.2 Å². The average molecular weight is 463 g/mol. The third kappa shape index (κ3) is 5.84. The summed E-state index contributed by atoms with van der Waals surface area (Å²) in [6.07, 6.45) is 3.95. The molecule has 0 radical (unpaired) electrons. The zero-order valence-corrected chi connectivity index (χ0v) is 22.2. The molecule has 3 aromatic rings. The number of carbonyl (C=O) groups excluding carboxylic acids is 1. The summed E-state index contributed by atoms with van der Waals surface area (Å²) in [6, 6.07) is 20.5. The molecule has 0 unspecified atom stereocenters. The monoisotopic (exact) mass is 462 g/mol. The second-order valence-corrected chi connectivity index (χ2v) is 15.2. The molecule has 1 amide bonds. The lowest BCUT2D eigenvalue weighted by atomic mass is 10.0. The van der Waals surface area contributed by atoms with E-state index in [1.54, 1.807) is 19.0 Å². The van der Waals surface area contributed by atoms with Crippen LogP contribution in [0.1, 0.15) is 44.9 Å². The molecule has 176 valence electrons. The second-order valence-electron chi connectivity index (χ2n) is 10.4. The topological polar surface area (TPSA) is 34.5 Å². The van der Waals surface area contributed by atoms with E-state index in [-0.39, 0.29) is 11.1 Å². The zero-order valence-electron chi connectivity index (χ0n) is 21.2. The normalized spacial score (nSPS) is 12.9. The van der Waals surface area contributed by atoms with Gasteiger partial charge in [-0.05, 0) is 60.3 Å². The van der Waals surface area contributed by atoms with E-state index >= 15 is 0 Å². The van der Waals surface area contributed by atoms with Crippen molar-refractivity contribution in [3.05, 3.63) is 71.9 Å². The van der Waals surface area contributed by atoms with Gasteiger partial charge in [0.1, 0.15) is 0 Å². The van der Waals surface area contributed by atoms with Crippen molar-refractivity contribution in [2.45, 2.75) is 51.7 Å². The van der Waals surface area contributed by atoms with Crippen molar-refractivity contribution in [1.29, 1.82) is 0 Å². The van der Waals surface area contributed by atoms with Crippen LogP contribution in [0.25, 0.3) is 22.6 Å². The van der Waals surface area contributed by atoms with E-state index in [0.717, 1.165) is 47.2 Å². The molecule has 0 saturated heterocycles. The van der Waals surface area contributed by atoms with E-state index in [1.165, 1.54) is 0 Å².